The lowest BCUT2D eigenvalue weighted by Gasteiger charge is -2.16. The average molecular weight is 517 g/mol. The van der Waals surface area contributed by atoms with E-state index >= 15 is 0 Å². The van der Waals surface area contributed by atoms with Crippen molar-refractivity contribution in [3.05, 3.63) is 88.0 Å². The number of nitrogens with zero attached hydrogens (tertiary/aromatic N) is 2. The first-order valence-electron chi connectivity index (χ1n) is 14.1. The van der Waals surface area contributed by atoms with Gasteiger partial charge in [-0.1, -0.05) is 102 Å². The SMILES string of the molecule is CCCCCCC1=C(c2ccc(CC[Si](C)(C)C)cc2)[N+](=[N-])C(c2ccc(CC[Si](C)(C)C)cc2)=C1. The predicted molar refractivity (Wildman–Crippen MR) is 164 cm³/mol. The molecule has 2 aromatic rings. The highest BCUT2D eigenvalue weighted by Gasteiger charge is 2.28. The average Bonchev–Trinajstić information content (AvgIpc) is 3.15. The van der Waals surface area contributed by atoms with Crippen LogP contribution in [0.4, 0.5) is 0 Å². The summed E-state index contributed by atoms with van der Waals surface area (Å²) in [6, 6.07) is 20.4. The first kappa shape index (κ1) is 28.5. The van der Waals surface area contributed by atoms with Gasteiger partial charge in [0, 0.05) is 38.9 Å². The molecule has 0 radical (unpaired) electrons. The van der Waals surface area contributed by atoms with Crippen molar-refractivity contribution >= 4 is 27.5 Å². The lowest BCUT2D eigenvalue weighted by Crippen LogP contribution is -2.19. The largest absolute Gasteiger partial charge is 0.493 e. The van der Waals surface area contributed by atoms with Crippen LogP contribution in [0.15, 0.2) is 60.2 Å². The van der Waals surface area contributed by atoms with Crippen molar-refractivity contribution in [2.24, 2.45) is 0 Å². The molecule has 0 saturated heterocycles. The molecular formula is C32H48N2Si2. The van der Waals surface area contributed by atoms with Gasteiger partial charge in [-0.25, -0.2) is 4.70 Å². The second-order valence-electron chi connectivity index (χ2n) is 13.0. The zero-order valence-corrected chi connectivity index (χ0v) is 26.0. The van der Waals surface area contributed by atoms with Crippen molar-refractivity contribution in [2.45, 2.75) is 103 Å². The molecule has 3 rings (SSSR count). The number of hydrogen-bond acceptors (Lipinski definition) is 0. The van der Waals surface area contributed by atoms with Gasteiger partial charge in [-0.05, 0) is 61.1 Å². The normalized spacial score (nSPS) is 14.5. The van der Waals surface area contributed by atoms with Gasteiger partial charge in [0.05, 0.1) is 0 Å². The number of hydrogen-bond donors (Lipinski definition) is 0. The number of unbranched alkanes of at least 4 members (excludes halogenated alkanes) is 3. The van der Waals surface area contributed by atoms with Gasteiger partial charge in [-0.15, -0.1) is 0 Å². The van der Waals surface area contributed by atoms with E-state index in [1.807, 2.05) is 0 Å². The second kappa shape index (κ2) is 12.5. The fraction of sp³-hybridized carbons (Fsp3) is 0.500. The molecule has 194 valence electrons. The van der Waals surface area contributed by atoms with Crippen molar-refractivity contribution in [2.75, 3.05) is 0 Å². The fourth-order valence-electron chi connectivity index (χ4n) is 4.71. The number of benzene rings is 2. The second-order valence-corrected chi connectivity index (χ2v) is 24.3. The van der Waals surface area contributed by atoms with Crippen LogP contribution in [0.5, 0.6) is 0 Å². The first-order chi connectivity index (χ1) is 17.0. The maximum Gasteiger partial charge on any atom is 0.210 e. The smallest absolute Gasteiger partial charge is 0.210 e. The zero-order chi connectivity index (χ0) is 26.3. The van der Waals surface area contributed by atoms with E-state index in [1.165, 1.54) is 52.7 Å². The van der Waals surface area contributed by atoms with Gasteiger partial charge in [0.2, 0.25) is 11.4 Å². The molecule has 1 heterocycles. The van der Waals surface area contributed by atoms with Gasteiger partial charge < -0.3 is 5.53 Å². The standard InChI is InChI=1S/C32H48N2Si2/c1-8-9-10-11-12-30-25-31(28-17-13-26(14-18-28)21-23-35(2,3)4)34(33)32(30)29-19-15-27(16-20-29)22-24-36(5,6)7/h13-20,25H,8-12,21-24H2,1-7H3. The van der Waals surface area contributed by atoms with Crippen LogP contribution in [0.1, 0.15) is 61.3 Å². The topological polar surface area (TPSA) is 25.3 Å². The summed E-state index contributed by atoms with van der Waals surface area (Å²) in [7, 11) is -2.10. The zero-order valence-electron chi connectivity index (χ0n) is 24.0. The van der Waals surface area contributed by atoms with E-state index in [0.29, 0.717) is 0 Å². The molecule has 1 aliphatic rings. The Bertz CT molecular complexity index is 1080. The van der Waals surface area contributed by atoms with E-state index in [0.717, 1.165) is 48.2 Å². The molecule has 0 spiro atoms. The van der Waals surface area contributed by atoms with Crippen LogP contribution in [-0.2, 0) is 12.8 Å². The Labute approximate surface area is 223 Å². The molecule has 36 heavy (non-hydrogen) atoms. The van der Waals surface area contributed by atoms with Crippen molar-refractivity contribution < 1.29 is 4.70 Å². The molecule has 0 N–H and O–H groups in total. The predicted octanol–water partition coefficient (Wildman–Crippen LogP) is 10.2. The summed E-state index contributed by atoms with van der Waals surface area (Å²) in [5.74, 6) is 0. The Hall–Kier alpha value is -2.05. The van der Waals surface area contributed by atoms with E-state index in [4.69, 9.17) is 0 Å². The van der Waals surface area contributed by atoms with E-state index in [2.05, 4.69) is 101 Å². The van der Waals surface area contributed by atoms with Gasteiger partial charge in [0.15, 0.2) is 0 Å². The monoisotopic (exact) mass is 516 g/mol. The highest BCUT2D eigenvalue weighted by molar-refractivity contribution is 6.76. The number of allylic oxidation sites excluding steroid dienone is 2. The molecule has 0 atom stereocenters. The minimum Gasteiger partial charge on any atom is -0.493 e. The molecule has 0 amide bonds. The molecule has 2 aromatic carbocycles. The number of aryl methyl sites for hydroxylation is 2. The van der Waals surface area contributed by atoms with Crippen molar-refractivity contribution in [3.8, 4) is 0 Å². The van der Waals surface area contributed by atoms with Gasteiger partial charge in [0.25, 0.3) is 0 Å². The molecule has 0 saturated carbocycles. The van der Waals surface area contributed by atoms with Crippen LogP contribution in [0.25, 0.3) is 16.9 Å². The van der Waals surface area contributed by atoms with Crippen LogP contribution in [0.3, 0.4) is 0 Å². The third-order valence-electron chi connectivity index (χ3n) is 7.16. The Morgan fingerprint density at radius 2 is 1.14 bits per heavy atom. The highest BCUT2D eigenvalue weighted by atomic mass is 28.3. The third-order valence-corrected chi connectivity index (χ3v) is 10.7. The fourth-order valence-corrected chi connectivity index (χ4v) is 6.78. The molecule has 2 nitrogen and oxygen atoms in total. The highest BCUT2D eigenvalue weighted by Crippen LogP contribution is 2.37. The van der Waals surface area contributed by atoms with Crippen molar-refractivity contribution in [1.29, 1.82) is 0 Å². The lowest BCUT2D eigenvalue weighted by molar-refractivity contribution is -0.344. The van der Waals surface area contributed by atoms with E-state index < -0.39 is 16.1 Å². The van der Waals surface area contributed by atoms with E-state index in [9.17, 15) is 5.53 Å². The minimum atomic E-state index is -1.05. The Morgan fingerprint density at radius 3 is 1.61 bits per heavy atom. The Kier molecular flexibility index (Phi) is 9.88. The Balaban J connectivity index is 1.81. The summed E-state index contributed by atoms with van der Waals surface area (Å²) >= 11 is 0. The van der Waals surface area contributed by atoms with Crippen molar-refractivity contribution in [1.82, 2.24) is 0 Å². The molecule has 0 aliphatic carbocycles. The molecule has 0 unspecified atom stereocenters. The lowest BCUT2D eigenvalue weighted by atomic mass is 10.0. The van der Waals surface area contributed by atoms with Crippen LogP contribution < -0.4 is 0 Å². The maximum atomic E-state index is 11.4. The van der Waals surface area contributed by atoms with Crippen LogP contribution in [0.2, 0.25) is 51.4 Å². The van der Waals surface area contributed by atoms with Crippen molar-refractivity contribution in [3.63, 3.8) is 0 Å². The van der Waals surface area contributed by atoms with Gasteiger partial charge >= 0.3 is 0 Å². The number of rotatable bonds is 13. The summed E-state index contributed by atoms with van der Waals surface area (Å²) in [5, 5.41) is 0. The van der Waals surface area contributed by atoms with E-state index in [1.54, 1.807) is 0 Å². The Morgan fingerprint density at radius 1 is 0.639 bits per heavy atom. The van der Waals surface area contributed by atoms with Gasteiger partial charge in [-0.3, -0.25) is 0 Å². The van der Waals surface area contributed by atoms with Crippen LogP contribution >= 0.6 is 0 Å². The van der Waals surface area contributed by atoms with E-state index in [-0.39, 0.29) is 0 Å². The molecule has 0 aromatic heterocycles. The van der Waals surface area contributed by atoms with Gasteiger partial charge in [-0.2, -0.15) is 0 Å². The maximum absolute atomic E-state index is 11.4. The molecule has 1 aliphatic heterocycles. The first-order valence-corrected chi connectivity index (χ1v) is 21.5. The van der Waals surface area contributed by atoms with Crippen LogP contribution in [0, 0.1) is 0 Å². The summed E-state index contributed by atoms with van der Waals surface area (Å²) in [4.78, 5) is 0. The molecular weight excluding hydrogens is 469 g/mol. The third kappa shape index (κ3) is 8.52. The quantitative estimate of drug-likeness (QED) is 0.144. The summed E-state index contributed by atoms with van der Waals surface area (Å²) in [6.45, 7) is 16.9. The molecule has 0 bridgehead atoms. The summed E-state index contributed by atoms with van der Waals surface area (Å²) < 4.78 is 1.45. The molecule has 4 heteroatoms. The van der Waals surface area contributed by atoms with Gasteiger partial charge in [0.1, 0.15) is 0 Å². The summed E-state index contributed by atoms with van der Waals surface area (Å²) in [5.41, 5.74) is 19.5. The summed E-state index contributed by atoms with van der Waals surface area (Å²) in [6.07, 6.45) is 10.4. The molecule has 0 fully saturated rings. The minimum absolute atomic E-state index is 0.898. The van der Waals surface area contributed by atoms with Crippen LogP contribution in [-0.4, -0.2) is 20.8 Å².